The van der Waals surface area contributed by atoms with Crippen LogP contribution in [0.5, 0.6) is 11.5 Å². The summed E-state index contributed by atoms with van der Waals surface area (Å²) in [5.41, 5.74) is 2.30. The van der Waals surface area contributed by atoms with Crippen LogP contribution in [0.15, 0.2) is 66.0 Å². The average Bonchev–Trinajstić information content (AvgIpc) is 3.44. The molecule has 1 aliphatic rings. The molecule has 4 rings (SSSR count). The minimum Gasteiger partial charge on any atom is -0.508 e. The van der Waals surface area contributed by atoms with E-state index in [4.69, 9.17) is 9.47 Å². The van der Waals surface area contributed by atoms with Crippen molar-refractivity contribution in [3.8, 4) is 11.5 Å². The van der Waals surface area contributed by atoms with Crippen molar-refractivity contribution in [3.63, 3.8) is 0 Å². The number of likely N-dealkylation sites (tertiary alicyclic amines) is 1. The van der Waals surface area contributed by atoms with Gasteiger partial charge >= 0.3 is 6.09 Å². The summed E-state index contributed by atoms with van der Waals surface area (Å²) >= 11 is 1.64. The van der Waals surface area contributed by atoms with Crippen LogP contribution >= 0.6 is 11.3 Å². The summed E-state index contributed by atoms with van der Waals surface area (Å²) < 4.78 is 11.6. The Hall–Kier alpha value is -3.07. The number of thiophene rings is 1. The van der Waals surface area contributed by atoms with E-state index in [1.807, 2.05) is 35.7 Å². The zero-order chi connectivity index (χ0) is 26.3. The molecule has 8 heteroatoms. The quantitative estimate of drug-likeness (QED) is 0.372. The third kappa shape index (κ3) is 6.83. The number of nitrogens with one attached hydrogen (secondary N) is 1. The summed E-state index contributed by atoms with van der Waals surface area (Å²) in [6.07, 6.45) is 1.94. The molecule has 1 aromatic heterocycles. The number of hydrogen-bond donors (Lipinski definition) is 2. The van der Waals surface area contributed by atoms with Crippen molar-refractivity contribution in [3.05, 3.63) is 82.0 Å². The van der Waals surface area contributed by atoms with Crippen LogP contribution in [0.3, 0.4) is 0 Å². The van der Waals surface area contributed by atoms with Gasteiger partial charge in [0.2, 0.25) is 0 Å². The molecule has 2 aromatic carbocycles. The van der Waals surface area contributed by atoms with E-state index in [2.05, 4.69) is 53.5 Å². The van der Waals surface area contributed by atoms with E-state index in [1.54, 1.807) is 24.5 Å². The van der Waals surface area contributed by atoms with Crippen molar-refractivity contribution in [1.29, 1.82) is 0 Å². The molecule has 1 unspecified atom stereocenters. The summed E-state index contributed by atoms with van der Waals surface area (Å²) in [6, 6.07) is 20.0. The molecule has 0 radical (unpaired) electrons. The number of carbonyl (C=O) groups is 1. The Morgan fingerprint density at radius 2 is 1.92 bits per heavy atom. The highest BCUT2D eigenvalue weighted by Crippen LogP contribution is 2.39. The van der Waals surface area contributed by atoms with Crippen molar-refractivity contribution < 1.29 is 19.4 Å². The summed E-state index contributed by atoms with van der Waals surface area (Å²) in [7, 11) is 5.81. The number of carbonyl (C=O) groups excluding carboxylic acids is 1. The minimum absolute atomic E-state index is 0.0785. The fraction of sp³-hybridized carbons (Fsp3) is 0.414. The lowest BCUT2D eigenvalue weighted by Gasteiger charge is -2.46. The number of amides is 1. The normalized spacial score (nSPS) is 16.3. The molecule has 0 bridgehead atoms. The van der Waals surface area contributed by atoms with Gasteiger partial charge in [-0.05, 0) is 73.8 Å². The first kappa shape index (κ1) is 27.0. The Labute approximate surface area is 223 Å². The molecule has 37 heavy (non-hydrogen) atoms. The number of rotatable bonds is 10. The first-order valence-corrected chi connectivity index (χ1v) is 13.6. The van der Waals surface area contributed by atoms with E-state index in [9.17, 15) is 9.90 Å². The summed E-state index contributed by atoms with van der Waals surface area (Å²) in [5, 5.41) is 14.6. The van der Waals surface area contributed by atoms with Crippen molar-refractivity contribution in [1.82, 2.24) is 15.1 Å². The predicted molar refractivity (Wildman–Crippen MR) is 147 cm³/mol. The zero-order valence-corrected chi connectivity index (χ0v) is 22.7. The van der Waals surface area contributed by atoms with E-state index < -0.39 is 6.09 Å². The Morgan fingerprint density at radius 1 is 1.14 bits per heavy atom. The third-order valence-corrected chi connectivity index (χ3v) is 8.15. The fourth-order valence-corrected chi connectivity index (χ4v) is 5.86. The second-order valence-electron chi connectivity index (χ2n) is 9.70. The van der Waals surface area contributed by atoms with Gasteiger partial charge in [0.25, 0.3) is 0 Å². The van der Waals surface area contributed by atoms with Crippen molar-refractivity contribution in [2.45, 2.75) is 37.5 Å². The van der Waals surface area contributed by atoms with E-state index >= 15 is 0 Å². The number of benzene rings is 2. The predicted octanol–water partition coefficient (Wildman–Crippen LogP) is 5.37. The number of nitrogens with zero attached hydrogens (tertiary/aromatic N) is 2. The monoisotopic (exact) mass is 523 g/mol. The Morgan fingerprint density at radius 3 is 2.59 bits per heavy atom. The van der Waals surface area contributed by atoms with Crippen LogP contribution < -0.4 is 10.1 Å². The smallest absolute Gasteiger partial charge is 0.406 e. The number of alkyl carbamates (subject to hydrolysis) is 1. The van der Waals surface area contributed by atoms with E-state index in [0.717, 1.165) is 43.1 Å². The highest BCUT2D eigenvalue weighted by atomic mass is 32.1. The molecule has 1 fully saturated rings. The van der Waals surface area contributed by atoms with Gasteiger partial charge in [-0.1, -0.05) is 30.3 Å². The van der Waals surface area contributed by atoms with Gasteiger partial charge in [0.15, 0.2) is 0 Å². The van der Waals surface area contributed by atoms with Gasteiger partial charge in [-0.2, -0.15) is 0 Å². The molecule has 7 nitrogen and oxygen atoms in total. The molecule has 198 valence electrons. The highest BCUT2D eigenvalue weighted by Gasteiger charge is 2.38. The van der Waals surface area contributed by atoms with Gasteiger partial charge in [0, 0.05) is 43.5 Å². The molecule has 1 amide bonds. The molecule has 0 saturated carbocycles. The minimum atomic E-state index is -0.434. The van der Waals surface area contributed by atoms with E-state index in [0.29, 0.717) is 12.2 Å². The third-order valence-electron chi connectivity index (χ3n) is 7.18. The number of phenols is 1. The molecule has 3 aromatic rings. The van der Waals surface area contributed by atoms with Crippen LogP contribution in [0.1, 0.15) is 41.4 Å². The fourth-order valence-electron chi connectivity index (χ4n) is 5.07. The van der Waals surface area contributed by atoms with Crippen LogP contribution in [0, 0.1) is 0 Å². The van der Waals surface area contributed by atoms with Crippen LogP contribution in [-0.4, -0.2) is 61.8 Å². The van der Waals surface area contributed by atoms with E-state index in [1.165, 1.54) is 11.1 Å². The van der Waals surface area contributed by atoms with Gasteiger partial charge in [-0.25, -0.2) is 4.79 Å². The summed E-state index contributed by atoms with van der Waals surface area (Å²) in [5.74, 6) is 1.13. The van der Waals surface area contributed by atoms with Crippen molar-refractivity contribution >= 4 is 17.4 Å². The molecular formula is C29H37N3O4S. The number of aromatic hydroxyl groups is 1. The topological polar surface area (TPSA) is 74.3 Å². The first-order chi connectivity index (χ1) is 17.9. The maximum Gasteiger partial charge on any atom is 0.406 e. The van der Waals surface area contributed by atoms with Gasteiger partial charge < -0.3 is 19.9 Å². The largest absolute Gasteiger partial charge is 0.508 e. The standard InChI is InChI=1S/C29H37N3O4S/c1-30-28(34)35-17-12-26(27-11-6-18-37-27)36-25-10-4-7-22(19-25)21-32-15-13-29(14-16-32,31(2)3)23-8-5-9-24(33)20-23/h4-11,18-20,26,33H,12-17,21H2,1-3H3,(H,30,34). The molecule has 1 aliphatic heterocycles. The SMILES string of the molecule is CNC(=O)OCCC(Oc1cccc(CN2CCC(c3cccc(O)c3)(N(C)C)CC2)c1)c1cccs1. The number of phenolic OH excluding ortho intramolecular Hbond substituents is 1. The molecular weight excluding hydrogens is 486 g/mol. The zero-order valence-electron chi connectivity index (χ0n) is 21.9. The maximum atomic E-state index is 11.5. The Bertz CT molecular complexity index is 1140. The Balaban J connectivity index is 1.39. The number of piperidine rings is 1. The molecule has 1 atom stereocenters. The molecule has 2 N–H and O–H groups in total. The molecule has 0 aliphatic carbocycles. The summed E-state index contributed by atoms with van der Waals surface area (Å²) in [4.78, 5) is 17.3. The lowest BCUT2D eigenvalue weighted by atomic mass is 9.79. The average molecular weight is 524 g/mol. The van der Waals surface area contributed by atoms with Crippen LogP contribution in [0.2, 0.25) is 0 Å². The van der Waals surface area contributed by atoms with Gasteiger partial charge in [0.05, 0.1) is 6.61 Å². The maximum absolute atomic E-state index is 11.5. The lowest BCUT2D eigenvalue weighted by molar-refractivity contribution is 0.0505. The van der Waals surface area contributed by atoms with E-state index in [-0.39, 0.29) is 18.2 Å². The highest BCUT2D eigenvalue weighted by molar-refractivity contribution is 7.10. The van der Waals surface area contributed by atoms with Crippen LogP contribution in [-0.2, 0) is 16.8 Å². The van der Waals surface area contributed by atoms with Gasteiger partial charge in [-0.3, -0.25) is 9.80 Å². The van der Waals surface area contributed by atoms with Gasteiger partial charge in [-0.15, -0.1) is 11.3 Å². The van der Waals surface area contributed by atoms with Crippen LogP contribution in [0.25, 0.3) is 0 Å². The Kier molecular flexibility index (Phi) is 9.08. The first-order valence-electron chi connectivity index (χ1n) is 12.7. The molecule has 1 saturated heterocycles. The van der Waals surface area contributed by atoms with Crippen LogP contribution in [0.4, 0.5) is 4.79 Å². The second-order valence-corrected chi connectivity index (χ2v) is 10.7. The second kappa shape index (κ2) is 12.4. The van der Waals surface area contributed by atoms with Crippen molar-refractivity contribution in [2.75, 3.05) is 40.8 Å². The number of ether oxygens (including phenoxy) is 2. The van der Waals surface area contributed by atoms with Gasteiger partial charge in [0.1, 0.15) is 17.6 Å². The molecule has 2 heterocycles. The molecule has 0 spiro atoms. The number of hydrogen-bond acceptors (Lipinski definition) is 7. The lowest BCUT2D eigenvalue weighted by Crippen LogP contribution is -2.50. The van der Waals surface area contributed by atoms with Crippen molar-refractivity contribution in [2.24, 2.45) is 0 Å². The summed E-state index contributed by atoms with van der Waals surface area (Å²) in [6.45, 7) is 3.06.